The highest BCUT2D eigenvalue weighted by Gasteiger charge is 2.36. The lowest BCUT2D eigenvalue weighted by Gasteiger charge is -2.15. The Morgan fingerprint density at radius 1 is 0.778 bits per heavy atom. The number of halogens is 1. The van der Waals surface area contributed by atoms with E-state index in [0.29, 0.717) is 16.8 Å². The lowest BCUT2D eigenvalue weighted by Crippen LogP contribution is -2.29. The molecule has 0 saturated heterocycles. The lowest BCUT2D eigenvalue weighted by molar-refractivity contribution is 0.0926. The van der Waals surface area contributed by atoms with Crippen molar-refractivity contribution in [1.82, 2.24) is 0 Å². The van der Waals surface area contributed by atoms with Gasteiger partial charge in [0.15, 0.2) is 0 Å². The van der Waals surface area contributed by atoms with Crippen molar-refractivity contribution in [2.75, 3.05) is 4.90 Å². The Labute approximate surface area is 112 Å². The summed E-state index contributed by atoms with van der Waals surface area (Å²) in [5, 5.41) is 0. The van der Waals surface area contributed by atoms with Crippen LogP contribution in [0.25, 0.3) is 0 Å². The van der Waals surface area contributed by atoms with Crippen molar-refractivity contribution in [1.29, 1.82) is 0 Å². The predicted octanol–water partition coefficient (Wildman–Crippen LogP) is 3.25. The molecule has 3 rings (SSSR count). The molecule has 18 heavy (non-hydrogen) atoms. The molecule has 0 fully saturated rings. The van der Waals surface area contributed by atoms with Crippen LogP contribution in [-0.2, 0) is 0 Å². The molecule has 0 spiro atoms. The third kappa shape index (κ3) is 1.49. The van der Waals surface area contributed by atoms with Crippen LogP contribution in [0.15, 0.2) is 53.0 Å². The average Bonchev–Trinajstić information content (AvgIpc) is 2.64. The highest BCUT2D eigenvalue weighted by Crippen LogP contribution is 2.32. The fourth-order valence-electron chi connectivity index (χ4n) is 2.04. The van der Waals surface area contributed by atoms with E-state index in [2.05, 4.69) is 15.9 Å². The molecule has 0 aromatic heterocycles. The quantitative estimate of drug-likeness (QED) is 0.758. The normalized spacial score (nSPS) is 13.9. The van der Waals surface area contributed by atoms with E-state index >= 15 is 0 Å². The molecule has 0 saturated carbocycles. The van der Waals surface area contributed by atoms with Gasteiger partial charge in [0.25, 0.3) is 11.8 Å². The van der Waals surface area contributed by atoms with Crippen LogP contribution >= 0.6 is 15.9 Å². The van der Waals surface area contributed by atoms with E-state index in [1.54, 1.807) is 42.5 Å². The number of nitrogens with zero attached hydrogens (tertiary/aromatic N) is 1. The first-order valence-corrected chi connectivity index (χ1v) is 6.22. The zero-order valence-electron chi connectivity index (χ0n) is 9.26. The summed E-state index contributed by atoms with van der Waals surface area (Å²) >= 11 is 3.36. The van der Waals surface area contributed by atoms with Gasteiger partial charge in [-0.25, -0.2) is 4.90 Å². The monoisotopic (exact) mass is 301 g/mol. The fourth-order valence-corrected chi connectivity index (χ4v) is 2.50. The smallest absolute Gasteiger partial charge is 0.266 e. The fraction of sp³-hybridized carbons (Fsp3) is 0. The molecule has 0 bridgehead atoms. The summed E-state index contributed by atoms with van der Waals surface area (Å²) in [5.41, 5.74) is 1.49. The number of hydrogen-bond donors (Lipinski definition) is 0. The number of rotatable bonds is 1. The number of imide groups is 1. The second kappa shape index (κ2) is 4.07. The Balaban J connectivity index is 2.16. The highest BCUT2D eigenvalue weighted by molar-refractivity contribution is 9.10. The van der Waals surface area contributed by atoms with Gasteiger partial charge in [-0.15, -0.1) is 0 Å². The molecule has 0 radical (unpaired) electrons. The number of benzene rings is 2. The van der Waals surface area contributed by atoms with Gasteiger partial charge in [0.2, 0.25) is 0 Å². The molecule has 1 heterocycles. The van der Waals surface area contributed by atoms with Gasteiger partial charge in [0.1, 0.15) is 0 Å². The number of fused-ring (bicyclic) bond motifs is 1. The predicted molar refractivity (Wildman–Crippen MR) is 71.7 cm³/mol. The molecule has 0 atom stereocenters. The zero-order chi connectivity index (χ0) is 12.7. The molecule has 4 heteroatoms. The number of anilines is 1. The molecule has 3 nitrogen and oxygen atoms in total. The summed E-state index contributed by atoms with van der Waals surface area (Å²) in [4.78, 5) is 25.7. The molecule has 1 aliphatic heterocycles. The van der Waals surface area contributed by atoms with Gasteiger partial charge in [0, 0.05) is 4.47 Å². The van der Waals surface area contributed by atoms with Gasteiger partial charge in [-0.2, -0.15) is 0 Å². The summed E-state index contributed by atoms with van der Waals surface area (Å²) in [6, 6.07) is 14.0. The number of hydrogen-bond acceptors (Lipinski definition) is 2. The van der Waals surface area contributed by atoms with Crippen LogP contribution in [0.2, 0.25) is 0 Å². The molecule has 0 aliphatic carbocycles. The maximum absolute atomic E-state index is 12.2. The summed E-state index contributed by atoms with van der Waals surface area (Å²) < 4.78 is 0.722. The second-order valence-electron chi connectivity index (χ2n) is 3.94. The van der Waals surface area contributed by atoms with E-state index in [1.165, 1.54) is 4.90 Å². The van der Waals surface area contributed by atoms with Gasteiger partial charge >= 0.3 is 0 Å². The number of carbonyl (C=O) groups is 2. The van der Waals surface area contributed by atoms with Crippen molar-refractivity contribution >= 4 is 33.4 Å². The van der Waals surface area contributed by atoms with Crippen molar-refractivity contribution in [3.05, 3.63) is 64.1 Å². The minimum atomic E-state index is -0.275. The largest absolute Gasteiger partial charge is 0.268 e. The van der Waals surface area contributed by atoms with Crippen molar-refractivity contribution in [3.8, 4) is 0 Å². The molecule has 2 amide bonds. The number of para-hydroxylation sites is 1. The minimum Gasteiger partial charge on any atom is -0.268 e. The van der Waals surface area contributed by atoms with Crippen molar-refractivity contribution in [3.63, 3.8) is 0 Å². The Morgan fingerprint density at radius 3 is 1.83 bits per heavy atom. The molecule has 0 unspecified atom stereocenters. The van der Waals surface area contributed by atoms with Gasteiger partial charge < -0.3 is 0 Å². The SMILES string of the molecule is O=C1c2ccccc2C(=O)N1c1ccccc1Br. The van der Waals surface area contributed by atoms with Crippen LogP contribution < -0.4 is 4.90 Å². The van der Waals surface area contributed by atoms with Gasteiger partial charge in [-0.3, -0.25) is 9.59 Å². The van der Waals surface area contributed by atoms with Crippen molar-refractivity contribution < 1.29 is 9.59 Å². The standard InChI is InChI=1S/C14H8BrNO2/c15-11-7-3-4-8-12(11)16-13(17)9-5-1-2-6-10(9)14(16)18/h1-8H. The zero-order valence-corrected chi connectivity index (χ0v) is 10.8. The highest BCUT2D eigenvalue weighted by atomic mass is 79.9. The molecule has 2 aromatic carbocycles. The Hall–Kier alpha value is -1.94. The van der Waals surface area contributed by atoms with Crippen LogP contribution in [0.1, 0.15) is 20.7 Å². The summed E-state index contributed by atoms with van der Waals surface area (Å²) in [6.45, 7) is 0. The van der Waals surface area contributed by atoms with Crippen LogP contribution in [0.5, 0.6) is 0 Å². The Bertz CT molecular complexity index is 631. The molecule has 2 aromatic rings. The van der Waals surface area contributed by atoms with Crippen LogP contribution in [0.3, 0.4) is 0 Å². The summed E-state index contributed by atoms with van der Waals surface area (Å²) in [7, 11) is 0. The van der Waals surface area contributed by atoms with Crippen molar-refractivity contribution in [2.24, 2.45) is 0 Å². The van der Waals surface area contributed by atoms with E-state index in [0.717, 1.165) is 4.47 Å². The topological polar surface area (TPSA) is 37.4 Å². The van der Waals surface area contributed by atoms with Gasteiger partial charge in [0.05, 0.1) is 16.8 Å². The van der Waals surface area contributed by atoms with E-state index in [9.17, 15) is 9.59 Å². The maximum atomic E-state index is 12.2. The third-order valence-electron chi connectivity index (χ3n) is 2.89. The van der Waals surface area contributed by atoms with Crippen LogP contribution in [-0.4, -0.2) is 11.8 Å². The first-order valence-electron chi connectivity index (χ1n) is 5.42. The summed E-state index contributed by atoms with van der Waals surface area (Å²) in [5.74, 6) is -0.551. The minimum absolute atomic E-state index is 0.275. The van der Waals surface area contributed by atoms with E-state index < -0.39 is 0 Å². The van der Waals surface area contributed by atoms with Crippen LogP contribution in [0, 0.1) is 0 Å². The first kappa shape index (κ1) is 11.2. The lowest BCUT2D eigenvalue weighted by atomic mass is 10.1. The number of carbonyl (C=O) groups excluding carboxylic acids is 2. The molecule has 88 valence electrons. The Kier molecular flexibility index (Phi) is 2.52. The van der Waals surface area contributed by atoms with Crippen LogP contribution in [0.4, 0.5) is 5.69 Å². The third-order valence-corrected chi connectivity index (χ3v) is 3.56. The summed E-state index contributed by atoms with van der Waals surface area (Å²) in [6.07, 6.45) is 0. The van der Waals surface area contributed by atoms with E-state index in [4.69, 9.17) is 0 Å². The molecule has 0 N–H and O–H groups in total. The Morgan fingerprint density at radius 2 is 1.28 bits per heavy atom. The maximum Gasteiger partial charge on any atom is 0.266 e. The second-order valence-corrected chi connectivity index (χ2v) is 4.80. The van der Waals surface area contributed by atoms with Crippen molar-refractivity contribution in [2.45, 2.75) is 0 Å². The van der Waals surface area contributed by atoms with E-state index in [-0.39, 0.29) is 11.8 Å². The molecular formula is C14H8BrNO2. The molecular weight excluding hydrogens is 294 g/mol. The molecule has 1 aliphatic rings. The number of amides is 2. The van der Waals surface area contributed by atoms with E-state index in [1.807, 2.05) is 6.07 Å². The van der Waals surface area contributed by atoms with Gasteiger partial charge in [-0.1, -0.05) is 24.3 Å². The average molecular weight is 302 g/mol. The first-order chi connectivity index (χ1) is 8.70. The van der Waals surface area contributed by atoms with Gasteiger partial charge in [-0.05, 0) is 40.2 Å².